The fourth-order valence-electron chi connectivity index (χ4n) is 4.71. The van der Waals surface area contributed by atoms with Gasteiger partial charge in [0.2, 0.25) is 5.95 Å². The zero-order valence-corrected chi connectivity index (χ0v) is 18.4. The second kappa shape index (κ2) is 8.84. The number of pyridine rings is 1. The predicted octanol–water partition coefficient (Wildman–Crippen LogP) is 3.04. The van der Waals surface area contributed by atoms with Crippen molar-refractivity contribution in [1.29, 1.82) is 0 Å². The molecule has 0 spiro atoms. The third kappa shape index (κ3) is 4.67. The minimum absolute atomic E-state index is 0.588. The molecule has 0 bridgehead atoms. The van der Waals surface area contributed by atoms with Crippen molar-refractivity contribution in [2.75, 3.05) is 34.9 Å². The molecule has 10 heteroatoms. The van der Waals surface area contributed by atoms with E-state index in [2.05, 4.69) is 47.4 Å². The number of hydrazone groups is 1. The number of piperidine rings is 1. The average Bonchev–Trinajstić information content (AvgIpc) is 3.45. The van der Waals surface area contributed by atoms with E-state index in [0.717, 1.165) is 60.7 Å². The van der Waals surface area contributed by atoms with Crippen LogP contribution in [0.5, 0.6) is 0 Å². The minimum atomic E-state index is 0.588. The Morgan fingerprint density at radius 3 is 2.61 bits per heavy atom. The molecule has 4 heterocycles. The molecule has 0 amide bonds. The van der Waals surface area contributed by atoms with E-state index in [-0.39, 0.29) is 0 Å². The van der Waals surface area contributed by atoms with Crippen molar-refractivity contribution in [2.24, 2.45) is 22.9 Å². The van der Waals surface area contributed by atoms with Gasteiger partial charge in [0.25, 0.3) is 0 Å². The maximum absolute atomic E-state index is 5.90. The monoisotopic (exact) mass is 441 g/mol. The summed E-state index contributed by atoms with van der Waals surface area (Å²) >= 11 is 5.90. The van der Waals surface area contributed by atoms with E-state index in [1.54, 1.807) is 12.4 Å². The van der Waals surface area contributed by atoms with Crippen molar-refractivity contribution < 1.29 is 0 Å². The van der Waals surface area contributed by atoms with Gasteiger partial charge >= 0.3 is 0 Å². The Bertz CT molecular complexity index is 909. The lowest BCUT2D eigenvalue weighted by Gasteiger charge is -2.32. The number of hydrogen-bond acceptors (Lipinski definition) is 9. The standard InChI is InChI=1S/C21H28ClN9/c1-14-27-28-29-31(14)20-3-2-18(13-24-20)23-7-4-16-10-19(16)15-5-8-30(9-6-15)21-25-11-17(22)12-26-21/h2-3,11-13,15-16,19,23,28-29H,4-10H2,1H3/t16-,19-/m1/s1. The minimum Gasteiger partial charge on any atom is -0.384 e. The Morgan fingerprint density at radius 2 is 1.94 bits per heavy atom. The van der Waals surface area contributed by atoms with Crippen LogP contribution in [-0.4, -0.2) is 40.4 Å². The smallest absolute Gasteiger partial charge is 0.225 e. The molecule has 5 rings (SSSR count). The third-order valence-electron chi connectivity index (χ3n) is 6.54. The van der Waals surface area contributed by atoms with Gasteiger partial charge in [-0.15, -0.1) is 10.6 Å². The zero-order chi connectivity index (χ0) is 21.2. The van der Waals surface area contributed by atoms with E-state index in [1.165, 1.54) is 25.7 Å². The lowest BCUT2D eigenvalue weighted by molar-refractivity contribution is 0.343. The lowest BCUT2D eigenvalue weighted by atomic mass is 9.90. The van der Waals surface area contributed by atoms with E-state index in [1.807, 2.05) is 24.2 Å². The largest absolute Gasteiger partial charge is 0.384 e. The lowest BCUT2D eigenvalue weighted by Crippen LogP contribution is -2.40. The van der Waals surface area contributed by atoms with Crippen molar-refractivity contribution in [3.63, 3.8) is 0 Å². The summed E-state index contributed by atoms with van der Waals surface area (Å²) in [5, 5.41) is 9.99. The molecular weight excluding hydrogens is 414 g/mol. The molecule has 1 aliphatic carbocycles. The number of hydrogen-bond donors (Lipinski definition) is 3. The first-order valence-electron chi connectivity index (χ1n) is 10.9. The van der Waals surface area contributed by atoms with Crippen molar-refractivity contribution in [3.8, 4) is 0 Å². The highest BCUT2D eigenvalue weighted by atomic mass is 35.5. The Labute approximate surface area is 187 Å². The van der Waals surface area contributed by atoms with E-state index in [9.17, 15) is 0 Å². The Balaban J connectivity index is 1.03. The quantitative estimate of drug-likeness (QED) is 0.603. The van der Waals surface area contributed by atoms with Crippen LogP contribution in [0.3, 0.4) is 0 Å². The molecule has 2 aliphatic heterocycles. The summed E-state index contributed by atoms with van der Waals surface area (Å²) in [5.74, 6) is 5.02. The third-order valence-corrected chi connectivity index (χ3v) is 6.73. The number of anilines is 3. The van der Waals surface area contributed by atoms with Gasteiger partial charge in [0.15, 0.2) is 0 Å². The Kier molecular flexibility index (Phi) is 5.78. The van der Waals surface area contributed by atoms with Gasteiger partial charge < -0.3 is 10.2 Å². The first-order valence-corrected chi connectivity index (χ1v) is 11.3. The molecular formula is C21H28ClN9. The van der Waals surface area contributed by atoms with Gasteiger partial charge in [0, 0.05) is 19.6 Å². The molecule has 2 aromatic rings. The number of nitrogens with zero attached hydrogens (tertiary/aromatic N) is 6. The molecule has 2 atom stereocenters. The van der Waals surface area contributed by atoms with Crippen LogP contribution in [0.4, 0.5) is 17.5 Å². The number of hydrazine groups is 2. The summed E-state index contributed by atoms with van der Waals surface area (Å²) in [5.41, 5.74) is 6.72. The molecule has 2 aromatic heterocycles. The van der Waals surface area contributed by atoms with Crippen LogP contribution in [0.15, 0.2) is 35.8 Å². The molecule has 0 radical (unpaired) electrons. The first kappa shape index (κ1) is 20.3. The van der Waals surface area contributed by atoms with Gasteiger partial charge in [-0.3, -0.25) is 0 Å². The van der Waals surface area contributed by atoms with Crippen molar-refractivity contribution >= 4 is 34.9 Å². The summed E-state index contributed by atoms with van der Waals surface area (Å²) < 4.78 is 0. The maximum Gasteiger partial charge on any atom is 0.225 e. The van der Waals surface area contributed by atoms with E-state index < -0.39 is 0 Å². The Morgan fingerprint density at radius 1 is 1.13 bits per heavy atom. The van der Waals surface area contributed by atoms with Gasteiger partial charge in [0.1, 0.15) is 11.7 Å². The van der Waals surface area contributed by atoms with Gasteiger partial charge in [-0.1, -0.05) is 11.6 Å². The fraction of sp³-hybridized carbons (Fsp3) is 0.524. The molecule has 164 valence electrons. The molecule has 9 nitrogen and oxygen atoms in total. The maximum atomic E-state index is 5.90. The van der Waals surface area contributed by atoms with Crippen LogP contribution in [0.2, 0.25) is 5.02 Å². The number of nitrogens with one attached hydrogen (secondary N) is 3. The van der Waals surface area contributed by atoms with Crippen LogP contribution < -0.4 is 26.3 Å². The highest BCUT2D eigenvalue weighted by Crippen LogP contribution is 2.49. The van der Waals surface area contributed by atoms with Gasteiger partial charge in [-0.05, 0) is 62.5 Å². The predicted molar refractivity (Wildman–Crippen MR) is 123 cm³/mol. The van der Waals surface area contributed by atoms with Crippen LogP contribution in [-0.2, 0) is 0 Å². The van der Waals surface area contributed by atoms with Crippen molar-refractivity contribution in [2.45, 2.75) is 32.6 Å². The van der Waals surface area contributed by atoms with Gasteiger partial charge in [-0.2, -0.15) is 0 Å². The summed E-state index contributed by atoms with van der Waals surface area (Å²) in [6, 6.07) is 4.05. The number of amidine groups is 1. The highest BCUT2D eigenvalue weighted by molar-refractivity contribution is 6.30. The van der Waals surface area contributed by atoms with Crippen LogP contribution >= 0.6 is 11.6 Å². The van der Waals surface area contributed by atoms with E-state index >= 15 is 0 Å². The molecule has 0 aromatic carbocycles. The zero-order valence-electron chi connectivity index (χ0n) is 17.6. The molecule has 3 N–H and O–H groups in total. The highest BCUT2D eigenvalue weighted by Gasteiger charge is 2.43. The summed E-state index contributed by atoms with van der Waals surface area (Å²) in [7, 11) is 0. The second-order valence-electron chi connectivity index (χ2n) is 8.52. The van der Waals surface area contributed by atoms with Crippen LogP contribution in [0, 0.1) is 17.8 Å². The van der Waals surface area contributed by atoms with Crippen molar-refractivity contribution in [3.05, 3.63) is 35.7 Å². The second-order valence-corrected chi connectivity index (χ2v) is 8.96. The number of rotatable bonds is 7. The van der Waals surface area contributed by atoms with Gasteiger partial charge in [0.05, 0.1) is 29.3 Å². The molecule has 2 fully saturated rings. The van der Waals surface area contributed by atoms with Gasteiger partial charge in [-0.25, -0.2) is 25.5 Å². The van der Waals surface area contributed by atoms with Crippen LogP contribution in [0.1, 0.15) is 32.6 Å². The average molecular weight is 442 g/mol. The van der Waals surface area contributed by atoms with E-state index in [4.69, 9.17) is 11.6 Å². The topological polar surface area (TPSA) is 93.6 Å². The summed E-state index contributed by atoms with van der Waals surface area (Å²) in [6.07, 6.45) is 10.3. The number of aromatic nitrogens is 3. The van der Waals surface area contributed by atoms with E-state index in [0.29, 0.717) is 5.02 Å². The molecule has 1 saturated carbocycles. The SMILES string of the molecule is CC1=NNNN1c1ccc(NCC[C@@H]2C[C@@H]2C2CCN(c3ncc(Cl)cn3)CC2)cn1. The molecule has 0 unspecified atom stereocenters. The molecule has 3 aliphatic rings. The molecule has 31 heavy (non-hydrogen) atoms. The first-order chi connectivity index (χ1) is 15.2. The summed E-state index contributed by atoms with van der Waals surface area (Å²) in [6.45, 7) is 4.99. The fourth-order valence-corrected chi connectivity index (χ4v) is 4.81. The summed E-state index contributed by atoms with van der Waals surface area (Å²) in [4.78, 5) is 15.5. The Hall–Kier alpha value is -2.65. The molecule has 1 saturated heterocycles. The van der Waals surface area contributed by atoms with Crippen molar-refractivity contribution in [1.82, 2.24) is 26.0 Å². The number of halogens is 1. The normalized spacial score (nSPS) is 23.5. The van der Waals surface area contributed by atoms with Crippen LogP contribution in [0.25, 0.3) is 0 Å².